The molecule has 4 rings (SSSR count). The number of rotatable bonds is 8. The highest BCUT2D eigenvalue weighted by Crippen LogP contribution is 2.35. The van der Waals surface area contributed by atoms with Gasteiger partial charge >= 0.3 is 0 Å². The van der Waals surface area contributed by atoms with E-state index in [1.54, 1.807) is 25.8 Å². The zero-order chi connectivity index (χ0) is 25.5. The molecule has 0 spiro atoms. The van der Waals surface area contributed by atoms with Crippen molar-refractivity contribution in [3.63, 3.8) is 0 Å². The van der Waals surface area contributed by atoms with Gasteiger partial charge in [0.15, 0.2) is 11.6 Å². The number of aromatic amines is 1. The van der Waals surface area contributed by atoms with Gasteiger partial charge < -0.3 is 4.98 Å². The van der Waals surface area contributed by atoms with E-state index in [2.05, 4.69) is 19.9 Å². The number of pyridine rings is 1. The molecule has 1 N–H and O–H groups in total. The van der Waals surface area contributed by atoms with Crippen molar-refractivity contribution in [1.29, 1.82) is 0 Å². The number of nitrogens with zero attached hydrogens (tertiary/aromatic N) is 3. The molecule has 6 heteroatoms. The molecule has 3 aromatic rings. The standard InChI is InChI=1S/C27H28N4O2.C2H6.3H2/c1-16-9-10-29-27(22(16)14-28-4)26(33)11-17(2)20-6-7-21(18(20)3)25(32)13-19-5-8-23-24(12-19)31-15-30-23;1-2;;;/h5-10,12,14-15,17-18H,11,13H2,1-4H3,(H,30,31);1-2H3;3*1H. The van der Waals surface area contributed by atoms with Crippen LogP contribution in [-0.4, -0.2) is 39.8 Å². The van der Waals surface area contributed by atoms with Crippen LogP contribution in [-0.2, 0) is 11.2 Å². The van der Waals surface area contributed by atoms with E-state index in [9.17, 15) is 9.59 Å². The van der Waals surface area contributed by atoms with Crippen LogP contribution >= 0.6 is 0 Å². The fourth-order valence-electron chi connectivity index (χ4n) is 4.54. The predicted octanol–water partition coefficient (Wildman–Crippen LogP) is 6.60. The molecular weight excluding hydrogens is 436 g/mol. The maximum absolute atomic E-state index is 13.1. The zero-order valence-corrected chi connectivity index (χ0v) is 21.4. The quantitative estimate of drug-likeness (QED) is 0.293. The maximum Gasteiger partial charge on any atom is 0.182 e. The summed E-state index contributed by atoms with van der Waals surface area (Å²) < 4.78 is 0. The van der Waals surface area contributed by atoms with Gasteiger partial charge in [-0.25, -0.2) is 4.98 Å². The number of nitrogens with one attached hydrogen (secondary N) is 1. The smallest absolute Gasteiger partial charge is 0.182 e. The summed E-state index contributed by atoms with van der Waals surface area (Å²) in [6, 6.07) is 7.73. The topological polar surface area (TPSA) is 88.1 Å². The highest BCUT2D eigenvalue weighted by molar-refractivity contribution is 6.03. The number of benzene rings is 1. The third-order valence-corrected chi connectivity index (χ3v) is 6.38. The van der Waals surface area contributed by atoms with Gasteiger partial charge in [0, 0.05) is 53.6 Å². The Hall–Kier alpha value is -3.67. The lowest BCUT2D eigenvalue weighted by Gasteiger charge is -2.20. The number of allylic oxidation sites excluding steroid dienone is 4. The normalized spacial score (nSPS) is 16.0. The molecule has 0 amide bonds. The first-order valence-electron chi connectivity index (χ1n) is 12.2. The number of imidazole rings is 1. The van der Waals surface area contributed by atoms with Crippen LogP contribution in [0.25, 0.3) is 11.0 Å². The van der Waals surface area contributed by atoms with E-state index < -0.39 is 0 Å². The molecule has 6 nitrogen and oxygen atoms in total. The second-order valence-electron chi connectivity index (χ2n) is 8.67. The summed E-state index contributed by atoms with van der Waals surface area (Å²) in [6.07, 6.45) is 9.61. The van der Waals surface area contributed by atoms with Gasteiger partial charge in [-0.05, 0) is 42.2 Å². The number of aliphatic imine (C=N–C) groups is 1. The Morgan fingerprint density at radius 3 is 2.69 bits per heavy atom. The minimum Gasteiger partial charge on any atom is -0.345 e. The van der Waals surface area contributed by atoms with E-state index in [1.165, 1.54) is 0 Å². The second-order valence-corrected chi connectivity index (χ2v) is 8.67. The highest BCUT2D eigenvalue weighted by Gasteiger charge is 2.29. The Bertz CT molecular complexity index is 1330. The van der Waals surface area contributed by atoms with Gasteiger partial charge in [-0.1, -0.05) is 51.5 Å². The summed E-state index contributed by atoms with van der Waals surface area (Å²) in [5.41, 5.74) is 6.87. The van der Waals surface area contributed by atoms with Gasteiger partial charge in [0.25, 0.3) is 0 Å². The molecule has 0 radical (unpaired) electrons. The van der Waals surface area contributed by atoms with Crippen molar-refractivity contribution in [2.45, 2.75) is 47.5 Å². The van der Waals surface area contributed by atoms with E-state index in [0.717, 1.165) is 38.9 Å². The summed E-state index contributed by atoms with van der Waals surface area (Å²) in [7, 11) is 1.69. The number of hydrogen-bond acceptors (Lipinski definition) is 5. The molecule has 2 unspecified atom stereocenters. The molecule has 2 aromatic heterocycles. The predicted molar refractivity (Wildman–Crippen MR) is 148 cm³/mol. The number of hydrogen-bond donors (Lipinski definition) is 1. The molecule has 0 saturated carbocycles. The molecule has 1 aliphatic carbocycles. The Balaban J connectivity index is 0.00000267. The van der Waals surface area contributed by atoms with Crippen LogP contribution in [0, 0.1) is 18.8 Å². The first kappa shape index (κ1) is 25.9. The number of aromatic nitrogens is 3. The lowest BCUT2D eigenvalue weighted by Crippen LogP contribution is -2.18. The number of H-pyrrole nitrogens is 1. The summed E-state index contributed by atoms with van der Waals surface area (Å²) in [5, 5.41) is 0. The number of ketones is 2. The van der Waals surface area contributed by atoms with Crippen LogP contribution in [0.2, 0.25) is 0 Å². The monoisotopic (exact) mass is 476 g/mol. The molecule has 0 fully saturated rings. The van der Waals surface area contributed by atoms with E-state index in [4.69, 9.17) is 0 Å². The van der Waals surface area contributed by atoms with E-state index >= 15 is 0 Å². The van der Waals surface area contributed by atoms with Gasteiger partial charge in [-0.2, -0.15) is 0 Å². The van der Waals surface area contributed by atoms with Crippen molar-refractivity contribution >= 4 is 28.8 Å². The molecule has 1 aliphatic rings. The molecule has 35 heavy (non-hydrogen) atoms. The van der Waals surface area contributed by atoms with Crippen molar-refractivity contribution in [1.82, 2.24) is 15.0 Å². The summed E-state index contributed by atoms with van der Waals surface area (Å²) in [4.78, 5) is 41.8. The highest BCUT2D eigenvalue weighted by atomic mass is 16.1. The number of carbonyl (C=O) groups is 2. The number of fused-ring (bicyclic) bond motifs is 1. The Morgan fingerprint density at radius 1 is 1.17 bits per heavy atom. The zero-order valence-electron chi connectivity index (χ0n) is 21.4. The van der Waals surface area contributed by atoms with Crippen molar-refractivity contribution < 1.29 is 13.9 Å². The van der Waals surface area contributed by atoms with Crippen LogP contribution in [0.4, 0.5) is 0 Å². The molecule has 0 aliphatic heterocycles. The lowest BCUT2D eigenvalue weighted by atomic mass is 9.83. The molecule has 2 atom stereocenters. The summed E-state index contributed by atoms with van der Waals surface area (Å²) in [5.74, 6) is 0.0808. The van der Waals surface area contributed by atoms with Crippen molar-refractivity contribution in [3.05, 3.63) is 82.5 Å². The molecule has 0 bridgehead atoms. The van der Waals surface area contributed by atoms with Crippen LogP contribution in [0.15, 0.2) is 65.1 Å². The van der Waals surface area contributed by atoms with Gasteiger partial charge in [-0.15, -0.1) is 0 Å². The lowest BCUT2D eigenvalue weighted by molar-refractivity contribution is -0.115. The first-order chi connectivity index (χ1) is 16.9. The number of Topliss-reactive ketones (excluding diaryl/α,β-unsaturated/α-hetero) is 2. The average Bonchev–Trinajstić information content (AvgIpc) is 3.47. The fraction of sp³-hybridized carbons (Fsp3) is 0.345. The Morgan fingerprint density at radius 2 is 1.94 bits per heavy atom. The van der Waals surface area contributed by atoms with Crippen molar-refractivity contribution in [3.8, 4) is 0 Å². The van der Waals surface area contributed by atoms with Crippen LogP contribution in [0.1, 0.15) is 65.6 Å². The number of carbonyl (C=O) groups excluding carboxylic acids is 2. The van der Waals surface area contributed by atoms with Gasteiger partial charge in [0.1, 0.15) is 5.69 Å². The van der Waals surface area contributed by atoms with Gasteiger partial charge in [0.2, 0.25) is 0 Å². The van der Waals surface area contributed by atoms with Gasteiger partial charge in [-0.3, -0.25) is 19.6 Å². The van der Waals surface area contributed by atoms with E-state index in [-0.39, 0.29) is 27.7 Å². The Kier molecular flexibility index (Phi) is 8.63. The van der Waals surface area contributed by atoms with Crippen molar-refractivity contribution in [2.24, 2.45) is 16.8 Å². The first-order valence-corrected chi connectivity index (χ1v) is 12.2. The van der Waals surface area contributed by atoms with E-state index in [0.29, 0.717) is 18.5 Å². The van der Waals surface area contributed by atoms with Crippen molar-refractivity contribution in [2.75, 3.05) is 7.05 Å². The molecular formula is C29H40N4O2. The van der Waals surface area contributed by atoms with Crippen LogP contribution in [0.5, 0.6) is 0 Å². The average molecular weight is 477 g/mol. The largest absolute Gasteiger partial charge is 0.345 e. The summed E-state index contributed by atoms with van der Waals surface area (Å²) in [6.45, 7) is 10.0. The number of aryl methyl sites for hydroxylation is 1. The SMILES string of the molecule is CC.CN=Cc1c(C)ccnc1C(=O)CC(C)C1=CC=C(C(=O)Cc2ccc3nc[nH]c3c2)C1C.[HH].[HH].[HH]. The maximum atomic E-state index is 13.1. The van der Waals surface area contributed by atoms with Crippen LogP contribution < -0.4 is 0 Å². The fourth-order valence-corrected chi connectivity index (χ4v) is 4.54. The van der Waals surface area contributed by atoms with Gasteiger partial charge in [0.05, 0.1) is 17.4 Å². The van der Waals surface area contributed by atoms with E-state index in [1.807, 2.05) is 71.0 Å². The molecule has 2 heterocycles. The summed E-state index contributed by atoms with van der Waals surface area (Å²) >= 11 is 0. The Labute approximate surface area is 211 Å². The third kappa shape index (κ3) is 5.70. The molecule has 1 aromatic carbocycles. The second kappa shape index (κ2) is 11.6. The molecule has 188 valence electrons. The third-order valence-electron chi connectivity index (χ3n) is 6.38. The molecule has 0 saturated heterocycles. The van der Waals surface area contributed by atoms with Crippen LogP contribution in [0.3, 0.4) is 0 Å². The minimum absolute atomic E-state index is 0. The minimum atomic E-state index is -0.0154.